The molecule has 1 aromatic carbocycles. The molecule has 0 radical (unpaired) electrons. The maximum atomic E-state index is 6.60. The number of ether oxygens (including phenoxy) is 1. The van der Waals surface area contributed by atoms with Crippen LogP contribution in [0.3, 0.4) is 0 Å². The van der Waals surface area contributed by atoms with Crippen LogP contribution in [0.25, 0.3) is 0 Å². The first-order chi connectivity index (χ1) is 10.2. The van der Waals surface area contributed by atoms with Crippen LogP contribution in [0.4, 0.5) is 0 Å². The maximum absolute atomic E-state index is 6.60. The summed E-state index contributed by atoms with van der Waals surface area (Å²) in [4.78, 5) is 2.60. The van der Waals surface area contributed by atoms with Gasteiger partial charge in [-0.05, 0) is 43.2 Å². The summed E-state index contributed by atoms with van der Waals surface area (Å²) < 4.78 is 5.76. The molecule has 0 bridgehead atoms. The van der Waals surface area contributed by atoms with E-state index < -0.39 is 0 Å². The van der Waals surface area contributed by atoms with Crippen LogP contribution >= 0.6 is 0 Å². The number of hydrogen-bond donors (Lipinski definition) is 1. The molecule has 3 heteroatoms. The Hall–Kier alpha value is -0.900. The van der Waals surface area contributed by atoms with Crippen LogP contribution in [0, 0.1) is 0 Å². The van der Waals surface area contributed by atoms with E-state index in [-0.39, 0.29) is 6.04 Å². The van der Waals surface area contributed by atoms with Crippen molar-refractivity contribution in [3.05, 3.63) is 35.4 Å². The van der Waals surface area contributed by atoms with E-state index in [9.17, 15) is 0 Å². The number of hydrogen-bond acceptors (Lipinski definition) is 3. The van der Waals surface area contributed by atoms with Gasteiger partial charge in [0.15, 0.2) is 0 Å². The van der Waals surface area contributed by atoms with Crippen LogP contribution in [0.1, 0.15) is 56.2 Å². The Kier molecular flexibility index (Phi) is 4.63. The Morgan fingerprint density at radius 1 is 1.19 bits per heavy atom. The van der Waals surface area contributed by atoms with Gasteiger partial charge in [0.1, 0.15) is 0 Å². The Bertz CT molecular complexity index is 468. The van der Waals surface area contributed by atoms with Gasteiger partial charge >= 0.3 is 0 Å². The van der Waals surface area contributed by atoms with Crippen molar-refractivity contribution in [1.29, 1.82) is 0 Å². The molecule has 2 aliphatic rings. The van der Waals surface area contributed by atoms with Gasteiger partial charge < -0.3 is 10.5 Å². The normalized spacial score (nSPS) is 31.1. The lowest BCUT2D eigenvalue weighted by Crippen LogP contribution is -2.50. The van der Waals surface area contributed by atoms with Crippen molar-refractivity contribution in [1.82, 2.24) is 4.90 Å². The van der Waals surface area contributed by atoms with Crippen molar-refractivity contribution < 1.29 is 4.74 Å². The largest absolute Gasteiger partial charge is 0.378 e. The molecule has 1 saturated heterocycles. The zero-order valence-corrected chi connectivity index (χ0v) is 13.3. The molecule has 116 valence electrons. The molecule has 0 spiro atoms. The number of rotatable bonds is 3. The van der Waals surface area contributed by atoms with Gasteiger partial charge in [-0.25, -0.2) is 0 Å². The molecular weight excluding hydrogens is 260 g/mol. The quantitative estimate of drug-likeness (QED) is 0.929. The summed E-state index contributed by atoms with van der Waals surface area (Å²) >= 11 is 0. The lowest BCUT2D eigenvalue weighted by Gasteiger charge is -2.44. The second-order valence-electron chi connectivity index (χ2n) is 6.55. The van der Waals surface area contributed by atoms with Gasteiger partial charge in [-0.3, -0.25) is 4.90 Å². The molecule has 1 aromatic rings. The fourth-order valence-corrected chi connectivity index (χ4v) is 4.09. The van der Waals surface area contributed by atoms with Gasteiger partial charge in [0.05, 0.1) is 6.10 Å². The monoisotopic (exact) mass is 288 g/mol. The van der Waals surface area contributed by atoms with E-state index in [0.717, 1.165) is 32.5 Å². The molecule has 3 nitrogen and oxygen atoms in total. The molecule has 21 heavy (non-hydrogen) atoms. The minimum atomic E-state index is 0.154. The van der Waals surface area contributed by atoms with Gasteiger partial charge in [-0.2, -0.15) is 0 Å². The molecule has 1 heterocycles. The van der Waals surface area contributed by atoms with Crippen LogP contribution < -0.4 is 5.73 Å². The summed E-state index contributed by atoms with van der Waals surface area (Å²) in [6, 6.07) is 9.36. The fraction of sp³-hybridized carbons (Fsp3) is 0.667. The van der Waals surface area contributed by atoms with E-state index in [0.29, 0.717) is 18.1 Å². The lowest BCUT2D eigenvalue weighted by atomic mass is 9.77. The summed E-state index contributed by atoms with van der Waals surface area (Å²) in [7, 11) is 0. The minimum absolute atomic E-state index is 0.154. The molecule has 3 rings (SSSR count). The third-order valence-corrected chi connectivity index (χ3v) is 5.24. The summed E-state index contributed by atoms with van der Waals surface area (Å²) in [5.74, 6) is 0.607. The SMILES string of the molecule is CCOC1CCN(C2CC(C)c3ccccc3C2N)CC1. The van der Waals surface area contributed by atoms with Crippen molar-refractivity contribution in [3.63, 3.8) is 0 Å². The predicted octanol–water partition coefficient (Wildman–Crippen LogP) is 3.06. The minimum Gasteiger partial charge on any atom is -0.378 e. The molecule has 0 saturated carbocycles. The first kappa shape index (κ1) is 15.0. The highest BCUT2D eigenvalue weighted by atomic mass is 16.5. The van der Waals surface area contributed by atoms with Crippen LogP contribution in [-0.2, 0) is 4.74 Å². The number of nitrogens with zero attached hydrogens (tertiary/aromatic N) is 1. The molecule has 1 fully saturated rings. The average molecular weight is 288 g/mol. The predicted molar refractivity (Wildman–Crippen MR) is 86.4 cm³/mol. The topological polar surface area (TPSA) is 38.5 Å². The lowest BCUT2D eigenvalue weighted by molar-refractivity contribution is -0.00209. The summed E-state index contributed by atoms with van der Waals surface area (Å²) in [5.41, 5.74) is 9.41. The number of piperidine rings is 1. The Labute approximate surface area is 128 Å². The Morgan fingerprint density at radius 3 is 2.52 bits per heavy atom. The van der Waals surface area contributed by atoms with Crippen LogP contribution in [-0.4, -0.2) is 36.7 Å². The zero-order chi connectivity index (χ0) is 14.8. The van der Waals surface area contributed by atoms with E-state index in [2.05, 4.69) is 43.0 Å². The van der Waals surface area contributed by atoms with E-state index in [1.165, 1.54) is 17.5 Å². The van der Waals surface area contributed by atoms with E-state index in [4.69, 9.17) is 10.5 Å². The third-order valence-electron chi connectivity index (χ3n) is 5.24. The number of benzene rings is 1. The smallest absolute Gasteiger partial charge is 0.0599 e. The number of fused-ring (bicyclic) bond motifs is 1. The second-order valence-corrected chi connectivity index (χ2v) is 6.55. The Morgan fingerprint density at radius 2 is 1.86 bits per heavy atom. The van der Waals surface area contributed by atoms with E-state index >= 15 is 0 Å². The highest BCUT2D eigenvalue weighted by Gasteiger charge is 2.35. The first-order valence-electron chi connectivity index (χ1n) is 8.40. The van der Waals surface area contributed by atoms with Gasteiger partial charge in [0, 0.05) is 31.8 Å². The van der Waals surface area contributed by atoms with Gasteiger partial charge in [0.25, 0.3) is 0 Å². The molecule has 1 aliphatic heterocycles. The molecule has 2 N–H and O–H groups in total. The molecule has 3 atom stereocenters. The van der Waals surface area contributed by atoms with E-state index in [1.54, 1.807) is 0 Å². The van der Waals surface area contributed by atoms with Crippen LogP contribution in [0.15, 0.2) is 24.3 Å². The van der Waals surface area contributed by atoms with Crippen molar-refractivity contribution in [2.75, 3.05) is 19.7 Å². The zero-order valence-electron chi connectivity index (χ0n) is 13.3. The molecule has 3 unspecified atom stereocenters. The number of nitrogens with two attached hydrogens (primary N) is 1. The van der Waals surface area contributed by atoms with Crippen LogP contribution in [0.2, 0.25) is 0 Å². The van der Waals surface area contributed by atoms with Crippen molar-refractivity contribution in [3.8, 4) is 0 Å². The van der Waals surface area contributed by atoms with Crippen molar-refractivity contribution >= 4 is 0 Å². The molecule has 0 aromatic heterocycles. The summed E-state index contributed by atoms with van der Waals surface area (Å²) in [6.45, 7) is 7.50. The second kappa shape index (κ2) is 6.47. The van der Waals surface area contributed by atoms with Crippen molar-refractivity contribution in [2.45, 2.75) is 57.2 Å². The fourth-order valence-electron chi connectivity index (χ4n) is 4.09. The maximum Gasteiger partial charge on any atom is 0.0599 e. The number of likely N-dealkylation sites (tertiary alicyclic amines) is 1. The van der Waals surface area contributed by atoms with Gasteiger partial charge in [0.2, 0.25) is 0 Å². The molecule has 0 amide bonds. The molecular formula is C18H28N2O. The van der Waals surface area contributed by atoms with Gasteiger partial charge in [-0.1, -0.05) is 31.2 Å². The Balaban J connectivity index is 1.70. The van der Waals surface area contributed by atoms with Crippen molar-refractivity contribution in [2.24, 2.45) is 5.73 Å². The highest BCUT2D eigenvalue weighted by molar-refractivity contribution is 5.36. The summed E-state index contributed by atoms with van der Waals surface area (Å²) in [5, 5.41) is 0. The first-order valence-corrected chi connectivity index (χ1v) is 8.40. The average Bonchev–Trinajstić information content (AvgIpc) is 2.52. The standard InChI is InChI=1S/C18H28N2O/c1-3-21-14-8-10-20(11-9-14)17-12-13(2)15-6-4-5-7-16(15)18(17)19/h4-7,13-14,17-18H,3,8-12,19H2,1-2H3. The molecule has 1 aliphatic carbocycles. The third kappa shape index (κ3) is 3.01. The highest BCUT2D eigenvalue weighted by Crippen LogP contribution is 2.39. The summed E-state index contributed by atoms with van der Waals surface area (Å²) in [6.07, 6.45) is 3.92. The van der Waals surface area contributed by atoms with E-state index in [1.807, 2.05) is 0 Å². The van der Waals surface area contributed by atoms with Crippen LogP contribution in [0.5, 0.6) is 0 Å². The van der Waals surface area contributed by atoms with Gasteiger partial charge in [-0.15, -0.1) is 0 Å².